The van der Waals surface area contributed by atoms with Crippen LogP contribution in [-0.4, -0.2) is 64.9 Å². The Morgan fingerprint density at radius 3 is 2.96 bits per heavy atom. The van der Waals surface area contributed by atoms with Gasteiger partial charge in [0.2, 0.25) is 5.88 Å². The van der Waals surface area contributed by atoms with Crippen LogP contribution in [0.1, 0.15) is 25.7 Å². The van der Waals surface area contributed by atoms with Gasteiger partial charge in [0.15, 0.2) is 0 Å². The number of ether oxygens (including phenoxy) is 2. The number of nitrogens with zero attached hydrogens (tertiary/aromatic N) is 2. The Morgan fingerprint density at radius 2 is 2.28 bits per heavy atom. The summed E-state index contributed by atoms with van der Waals surface area (Å²) >= 11 is 0. The van der Waals surface area contributed by atoms with E-state index in [4.69, 9.17) is 14.6 Å². The highest BCUT2D eigenvalue weighted by atomic mass is 16.5. The molecule has 1 aliphatic carbocycles. The minimum atomic E-state index is -1.06. The van der Waals surface area contributed by atoms with Gasteiger partial charge in [0.1, 0.15) is 12.6 Å². The molecule has 0 unspecified atom stereocenters. The zero-order chi connectivity index (χ0) is 17.9. The number of carbonyl (C=O) groups excluding carboxylic acids is 1. The van der Waals surface area contributed by atoms with E-state index in [-0.39, 0.29) is 23.8 Å². The number of carboxylic acid groups (broad SMARTS) is 1. The molecule has 2 heterocycles. The molecular weight excluding hydrogens is 326 g/mol. The summed E-state index contributed by atoms with van der Waals surface area (Å²) in [5.41, 5.74) is -0.384. The minimum Gasteiger partial charge on any atom is -0.480 e. The first-order chi connectivity index (χ1) is 12.0. The van der Waals surface area contributed by atoms with Crippen molar-refractivity contribution in [3.05, 3.63) is 24.4 Å². The lowest BCUT2D eigenvalue weighted by Gasteiger charge is -2.43. The van der Waals surface area contributed by atoms with Gasteiger partial charge >= 0.3 is 12.0 Å². The summed E-state index contributed by atoms with van der Waals surface area (Å²) in [6.07, 6.45) is 4.60. The van der Waals surface area contributed by atoms with E-state index in [0.29, 0.717) is 18.8 Å². The molecule has 0 bridgehead atoms. The van der Waals surface area contributed by atoms with Gasteiger partial charge in [0.05, 0.1) is 11.6 Å². The van der Waals surface area contributed by atoms with Crippen molar-refractivity contribution in [2.24, 2.45) is 0 Å². The van der Waals surface area contributed by atoms with Crippen LogP contribution in [0.3, 0.4) is 0 Å². The Hall–Kier alpha value is -2.35. The van der Waals surface area contributed by atoms with Crippen molar-refractivity contribution in [2.75, 3.05) is 20.2 Å². The summed E-state index contributed by atoms with van der Waals surface area (Å²) < 4.78 is 11.8. The molecule has 1 saturated carbocycles. The number of aliphatic carboxylic acids is 1. The zero-order valence-corrected chi connectivity index (χ0v) is 14.2. The lowest BCUT2D eigenvalue weighted by Crippen LogP contribution is -2.55. The molecule has 0 radical (unpaired) electrons. The zero-order valence-electron chi connectivity index (χ0n) is 14.2. The molecule has 1 saturated heterocycles. The van der Waals surface area contributed by atoms with Gasteiger partial charge in [-0.2, -0.15) is 0 Å². The molecule has 1 aromatic rings. The van der Waals surface area contributed by atoms with E-state index < -0.39 is 12.5 Å². The molecule has 0 aromatic carbocycles. The van der Waals surface area contributed by atoms with Crippen LogP contribution in [0.25, 0.3) is 0 Å². The third kappa shape index (κ3) is 3.68. The molecule has 3 rings (SSSR count). The first-order valence-electron chi connectivity index (χ1n) is 8.43. The molecule has 0 spiro atoms. The Balaban J connectivity index is 1.69. The third-order valence-corrected chi connectivity index (χ3v) is 5.12. The standard InChI is InChI=1S/C17H23N3O5/c1-24-17-6-5-12(25-14-4-2-3-8-18-14)10-13(17)20(9-7-17)16(23)19-11-15(21)22/h2-4,8,12-13H,5-7,9-11H2,1H3,(H,19,23)(H,21,22)/t12-,13+,17-/m1/s1. The Morgan fingerprint density at radius 1 is 1.44 bits per heavy atom. The topological polar surface area (TPSA) is 101 Å². The van der Waals surface area contributed by atoms with Crippen molar-refractivity contribution in [2.45, 2.75) is 43.4 Å². The number of likely N-dealkylation sites (tertiary alicyclic amines) is 1. The molecule has 25 heavy (non-hydrogen) atoms. The number of carboxylic acids is 1. The lowest BCUT2D eigenvalue weighted by molar-refractivity contribution is -0.135. The number of urea groups is 1. The number of nitrogens with one attached hydrogen (secondary N) is 1. The van der Waals surface area contributed by atoms with Crippen LogP contribution in [0.2, 0.25) is 0 Å². The summed E-state index contributed by atoms with van der Waals surface area (Å²) in [7, 11) is 1.67. The average molecular weight is 349 g/mol. The van der Waals surface area contributed by atoms with E-state index in [1.807, 2.05) is 18.2 Å². The fourth-order valence-electron chi connectivity index (χ4n) is 3.85. The van der Waals surface area contributed by atoms with Crippen LogP contribution in [0.15, 0.2) is 24.4 Å². The van der Waals surface area contributed by atoms with Crippen LogP contribution in [0, 0.1) is 0 Å². The highest BCUT2D eigenvalue weighted by Crippen LogP contribution is 2.43. The molecule has 1 aromatic heterocycles. The summed E-state index contributed by atoms with van der Waals surface area (Å²) in [4.78, 5) is 28.9. The van der Waals surface area contributed by atoms with E-state index in [1.54, 1.807) is 18.2 Å². The second kappa shape index (κ2) is 7.26. The number of carbonyl (C=O) groups is 2. The highest BCUT2D eigenvalue weighted by molar-refractivity contribution is 5.80. The first-order valence-corrected chi connectivity index (χ1v) is 8.43. The smallest absolute Gasteiger partial charge is 0.323 e. The van der Waals surface area contributed by atoms with E-state index in [9.17, 15) is 9.59 Å². The number of amides is 2. The molecule has 8 heteroatoms. The van der Waals surface area contributed by atoms with Gasteiger partial charge in [-0.25, -0.2) is 9.78 Å². The van der Waals surface area contributed by atoms with E-state index in [1.165, 1.54) is 0 Å². The normalized spacial score (nSPS) is 28.3. The quantitative estimate of drug-likeness (QED) is 0.830. The lowest BCUT2D eigenvalue weighted by atomic mass is 9.79. The Labute approximate surface area is 146 Å². The minimum absolute atomic E-state index is 0.0592. The van der Waals surface area contributed by atoms with Crippen molar-refractivity contribution in [1.82, 2.24) is 15.2 Å². The molecular formula is C17H23N3O5. The van der Waals surface area contributed by atoms with Crippen molar-refractivity contribution < 1.29 is 24.2 Å². The Bertz CT molecular complexity index is 626. The van der Waals surface area contributed by atoms with E-state index >= 15 is 0 Å². The predicted octanol–water partition coefficient (Wildman–Crippen LogP) is 1.27. The van der Waals surface area contributed by atoms with Gasteiger partial charge in [-0.15, -0.1) is 0 Å². The highest BCUT2D eigenvalue weighted by Gasteiger charge is 2.53. The molecule has 1 aliphatic heterocycles. The van der Waals surface area contributed by atoms with Gasteiger partial charge in [-0.1, -0.05) is 6.07 Å². The van der Waals surface area contributed by atoms with Crippen molar-refractivity contribution in [3.63, 3.8) is 0 Å². The fraction of sp³-hybridized carbons (Fsp3) is 0.588. The van der Waals surface area contributed by atoms with Crippen molar-refractivity contribution in [1.29, 1.82) is 0 Å². The maximum Gasteiger partial charge on any atom is 0.323 e. The molecule has 3 atom stereocenters. The second-order valence-corrected chi connectivity index (χ2v) is 6.46. The van der Waals surface area contributed by atoms with Gasteiger partial charge in [0, 0.05) is 32.3 Å². The molecule has 2 aliphatic rings. The summed E-state index contributed by atoms with van der Waals surface area (Å²) in [5.74, 6) is -0.497. The van der Waals surface area contributed by atoms with Crippen molar-refractivity contribution in [3.8, 4) is 5.88 Å². The van der Waals surface area contributed by atoms with Gasteiger partial charge in [-0.3, -0.25) is 4.79 Å². The van der Waals surface area contributed by atoms with Gasteiger partial charge < -0.3 is 24.8 Å². The summed E-state index contributed by atoms with van der Waals surface area (Å²) in [5, 5.41) is 11.2. The van der Waals surface area contributed by atoms with Crippen LogP contribution in [-0.2, 0) is 9.53 Å². The maximum absolute atomic E-state index is 12.4. The Kier molecular flexibility index (Phi) is 5.08. The molecule has 2 N–H and O–H groups in total. The average Bonchev–Trinajstić information content (AvgIpc) is 3.00. The van der Waals surface area contributed by atoms with Crippen molar-refractivity contribution >= 4 is 12.0 Å². The van der Waals surface area contributed by atoms with Crippen LogP contribution in [0.5, 0.6) is 5.88 Å². The molecule has 8 nitrogen and oxygen atoms in total. The van der Waals surface area contributed by atoms with Gasteiger partial charge in [0.25, 0.3) is 0 Å². The first kappa shape index (κ1) is 17.5. The van der Waals surface area contributed by atoms with E-state index in [0.717, 1.165) is 19.3 Å². The fourth-order valence-corrected chi connectivity index (χ4v) is 3.85. The van der Waals surface area contributed by atoms with Gasteiger partial charge in [-0.05, 0) is 25.3 Å². The van der Waals surface area contributed by atoms with Crippen LogP contribution >= 0.6 is 0 Å². The largest absolute Gasteiger partial charge is 0.480 e. The van der Waals surface area contributed by atoms with E-state index in [2.05, 4.69) is 10.3 Å². The summed E-state index contributed by atoms with van der Waals surface area (Å²) in [6.45, 7) is 0.149. The number of aromatic nitrogens is 1. The maximum atomic E-state index is 12.4. The number of hydrogen-bond donors (Lipinski definition) is 2. The van der Waals surface area contributed by atoms with Crippen LogP contribution in [0.4, 0.5) is 4.79 Å². The number of rotatable bonds is 5. The SMILES string of the molecule is CO[C@@]12CC[C@@H](Oc3ccccn3)C[C@@H]1N(C(=O)NCC(=O)O)CC2. The number of fused-ring (bicyclic) bond motifs is 1. The van der Waals surface area contributed by atoms with Crippen LogP contribution < -0.4 is 10.1 Å². The number of hydrogen-bond acceptors (Lipinski definition) is 5. The number of pyridine rings is 1. The molecule has 2 fully saturated rings. The monoisotopic (exact) mass is 349 g/mol. The third-order valence-electron chi connectivity index (χ3n) is 5.12. The molecule has 2 amide bonds. The number of methoxy groups -OCH3 is 1. The second-order valence-electron chi connectivity index (χ2n) is 6.46. The molecule has 136 valence electrons. The summed E-state index contributed by atoms with van der Waals surface area (Å²) in [6, 6.07) is 4.99. The predicted molar refractivity (Wildman–Crippen MR) is 88.4 cm³/mol.